The number of carbonyl (C=O) groups is 2. The van der Waals surface area contributed by atoms with Gasteiger partial charge in [-0.05, 0) is 19.4 Å². The lowest BCUT2D eigenvalue weighted by molar-refractivity contribution is -1.01. The number of hydrogen-bond donors (Lipinski definition) is 4. The number of hydrogen-bond acceptors (Lipinski definition) is 3. The minimum atomic E-state index is -0.497. The number of rotatable bonds is 5. The molecule has 0 radical (unpaired) electrons. The molecule has 1 atom stereocenters. The molecule has 1 fully saturated rings. The van der Waals surface area contributed by atoms with E-state index in [-0.39, 0.29) is 6.03 Å². The van der Waals surface area contributed by atoms with Gasteiger partial charge in [0.25, 0.3) is 0 Å². The zero-order valence-electron chi connectivity index (χ0n) is 16.4. The third kappa shape index (κ3) is 4.48. The Hall–Kier alpha value is -2.38. The van der Waals surface area contributed by atoms with Crippen LogP contribution in [0.5, 0.6) is 0 Å². The molecule has 0 spiro atoms. The summed E-state index contributed by atoms with van der Waals surface area (Å²) in [7, 11) is 1.38. The van der Waals surface area contributed by atoms with E-state index in [0.29, 0.717) is 17.8 Å². The van der Waals surface area contributed by atoms with Gasteiger partial charge < -0.3 is 25.2 Å². The number of piperazine rings is 1. The molecule has 146 valence electrons. The van der Waals surface area contributed by atoms with Gasteiger partial charge in [-0.2, -0.15) is 0 Å². The predicted octanol–water partition coefficient (Wildman–Crippen LogP) is -1.42. The molecule has 0 unspecified atom stereocenters. The summed E-state index contributed by atoms with van der Waals surface area (Å²) in [6.07, 6.45) is 0. The van der Waals surface area contributed by atoms with Crippen molar-refractivity contribution in [2.24, 2.45) is 0 Å². The van der Waals surface area contributed by atoms with Gasteiger partial charge >= 0.3 is 12.0 Å². The van der Waals surface area contributed by atoms with Crippen molar-refractivity contribution in [3.63, 3.8) is 0 Å². The highest BCUT2D eigenvalue weighted by molar-refractivity contribution is 5.95. The minimum Gasteiger partial charge on any atom is -0.466 e. The lowest BCUT2D eigenvalue weighted by Gasteiger charge is -2.33. The zero-order valence-corrected chi connectivity index (χ0v) is 16.4. The first-order chi connectivity index (χ1) is 13.0. The molecular weight excluding hydrogens is 344 g/mol. The molecule has 2 heterocycles. The van der Waals surface area contributed by atoms with E-state index in [1.807, 2.05) is 31.2 Å². The molecule has 0 aromatic heterocycles. The Labute approximate surface area is 160 Å². The summed E-state index contributed by atoms with van der Waals surface area (Å²) in [5, 5.41) is 5.75. The fraction of sp³-hybridized carbons (Fsp3) is 0.500. The van der Waals surface area contributed by atoms with Gasteiger partial charge in [-0.3, -0.25) is 0 Å². The first-order valence-electron chi connectivity index (χ1n) is 9.64. The number of ether oxygens (including phenoxy) is 1. The number of carbonyl (C=O) groups excluding carboxylic acids is 2. The summed E-state index contributed by atoms with van der Waals surface area (Å²) in [6, 6.07) is 7.08. The molecule has 0 aliphatic carbocycles. The molecule has 4 N–H and O–H groups in total. The first kappa shape index (κ1) is 19.4. The summed E-state index contributed by atoms with van der Waals surface area (Å²) in [4.78, 5) is 27.9. The van der Waals surface area contributed by atoms with Crippen molar-refractivity contribution in [3.8, 4) is 0 Å². The average Bonchev–Trinajstić information content (AvgIpc) is 2.68. The lowest BCUT2D eigenvalue weighted by atomic mass is 9.94. The van der Waals surface area contributed by atoms with Crippen molar-refractivity contribution >= 4 is 12.0 Å². The number of esters is 1. The van der Waals surface area contributed by atoms with Gasteiger partial charge in [-0.1, -0.05) is 29.8 Å². The van der Waals surface area contributed by atoms with Crippen LogP contribution in [0, 0.1) is 6.92 Å². The van der Waals surface area contributed by atoms with Crippen molar-refractivity contribution in [2.75, 3.05) is 46.4 Å². The minimum absolute atomic E-state index is 0.277. The van der Waals surface area contributed by atoms with E-state index in [1.165, 1.54) is 12.0 Å². The molecule has 0 saturated carbocycles. The van der Waals surface area contributed by atoms with Crippen molar-refractivity contribution in [3.05, 3.63) is 46.7 Å². The maximum atomic E-state index is 12.6. The number of aryl methyl sites for hydroxylation is 1. The number of methoxy groups -OCH3 is 1. The molecule has 2 amide bonds. The third-order valence-corrected chi connectivity index (χ3v) is 5.56. The lowest BCUT2D eigenvalue weighted by Crippen LogP contribution is -3.28. The monoisotopic (exact) mass is 374 g/mol. The van der Waals surface area contributed by atoms with Crippen LogP contribution in [0.3, 0.4) is 0 Å². The third-order valence-electron chi connectivity index (χ3n) is 5.56. The fourth-order valence-electron chi connectivity index (χ4n) is 3.85. The molecule has 2 aliphatic rings. The van der Waals surface area contributed by atoms with Crippen LogP contribution in [0.1, 0.15) is 24.1 Å². The maximum Gasteiger partial charge on any atom is 0.338 e. The highest BCUT2D eigenvalue weighted by Gasteiger charge is 2.35. The summed E-state index contributed by atoms with van der Waals surface area (Å²) in [5.41, 5.74) is 3.18. The Bertz CT molecular complexity index is 721. The van der Waals surface area contributed by atoms with E-state index in [4.69, 9.17) is 4.74 Å². The Kier molecular flexibility index (Phi) is 6.13. The second-order valence-electron chi connectivity index (χ2n) is 7.36. The van der Waals surface area contributed by atoms with E-state index in [0.717, 1.165) is 43.9 Å². The maximum absolute atomic E-state index is 12.6. The summed E-state index contributed by atoms with van der Waals surface area (Å²) < 4.78 is 5.05. The second kappa shape index (κ2) is 8.54. The van der Waals surface area contributed by atoms with Crippen LogP contribution in [-0.2, 0) is 9.53 Å². The highest BCUT2D eigenvalue weighted by Crippen LogP contribution is 2.27. The van der Waals surface area contributed by atoms with Crippen LogP contribution < -0.4 is 20.4 Å². The van der Waals surface area contributed by atoms with Crippen LogP contribution in [0.2, 0.25) is 0 Å². The summed E-state index contributed by atoms with van der Waals surface area (Å²) >= 11 is 0. The molecule has 7 nitrogen and oxygen atoms in total. The fourth-order valence-corrected chi connectivity index (χ4v) is 3.85. The van der Waals surface area contributed by atoms with E-state index in [1.54, 1.807) is 4.90 Å². The predicted molar refractivity (Wildman–Crippen MR) is 101 cm³/mol. The normalized spacial score (nSPS) is 25.6. The van der Waals surface area contributed by atoms with Crippen LogP contribution in [0.25, 0.3) is 0 Å². The van der Waals surface area contributed by atoms with Gasteiger partial charge in [0.05, 0.1) is 31.0 Å². The molecule has 1 aromatic rings. The molecule has 1 aromatic carbocycles. The van der Waals surface area contributed by atoms with Crippen molar-refractivity contribution < 1.29 is 24.1 Å². The molecule has 3 rings (SSSR count). The SMILES string of the molecule is CC[NH+]1CC[NH+](CC2=C(C(=O)OC)[C@H](c3ccc(C)cc3)NC(=O)N2)CC1. The number of benzene rings is 1. The van der Waals surface area contributed by atoms with Crippen molar-refractivity contribution in [2.45, 2.75) is 19.9 Å². The van der Waals surface area contributed by atoms with Crippen LogP contribution in [-0.4, -0.2) is 58.4 Å². The van der Waals surface area contributed by atoms with Crippen LogP contribution in [0.4, 0.5) is 4.79 Å². The second-order valence-corrected chi connectivity index (χ2v) is 7.36. The van der Waals surface area contributed by atoms with Gasteiger partial charge in [0.2, 0.25) is 0 Å². The molecular formula is C20H30N4O3+2. The smallest absolute Gasteiger partial charge is 0.338 e. The largest absolute Gasteiger partial charge is 0.466 e. The number of urea groups is 1. The van der Waals surface area contributed by atoms with E-state index in [2.05, 4.69) is 17.6 Å². The topological polar surface area (TPSA) is 76.3 Å². The molecule has 0 bridgehead atoms. The van der Waals surface area contributed by atoms with Gasteiger partial charge in [0, 0.05) is 0 Å². The number of amides is 2. The van der Waals surface area contributed by atoms with E-state index < -0.39 is 12.0 Å². The molecule has 2 aliphatic heterocycles. The number of nitrogens with one attached hydrogen (secondary N) is 4. The summed E-state index contributed by atoms with van der Waals surface area (Å²) in [6.45, 7) is 10.3. The molecule has 1 saturated heterocycles. The average molecular weight is 374 g/mol. The Balaban J connectivity index is 1.89. The number of likely N-dealkylation sites (N-methyl/N-ethyl adjacent to an activating group) is 1. The molecule has 7 heteroatoms. The Morgan fingerprint density at radius 1 is 1.15 bits per heavy atom. The van der Waals surface area contributed by atoms with Gasteiger partial charge in [0.15, 0.2) is 0 Å². The number of quaternary nitrogens is 2. The van der Waals surface area contributed by atoms with Crippen LogP contribution in [0.15, 0.2) is 35.5 Å². The van der Waals surface area contributed by atoms with Gasteiger partial charge in [-0.25, -0.2) is 9.59 Å². The molecule has 27 heavy (non-hydrogen) atoms. The quantitative estimate of drug-likeness (QED) is 0.478. The van der Waals surface area contributed by atoms with Crippen molar-refractivity contribution in [1.82, 2.24) is 10.6 Å². The first-order valence-corrected chi connectivity index (χ1v) is 9.64. The Morgan fingerprint density at radius 3 is 2.37 bits per heavy atom. The van der Waals surface area contributed by atoms with Gasteiger partial charge in [0.1, 0.15) is 32.7 Å². The standard InChI is InChI=1S/C20H28N4O3/c1-4-23-9-11-24(12-10-23)13-16-17(19(25)27-3)18(22-20(26)21-16)15-7-5-14(2)6-8-15/h5-8,18H,4,9-13H2,1-3H3,(H2,21,22,26)/p+2/t18-/m0/s1. The summed E-state index contributed by atoms with van der Waals surface area (Å²) in [5.74, 6) is -0.403. The Morgan fingerprint density at radius 2 is 1.78 bits per heavy atom. The van der Waals surface area contributed by atoms with E-state index >= 15 is 0 Å². The zero-order chi connectivity index (χ0) is 19.4. The van der Waals surface area contributed by atoms with Gasteiger partial charge in [-0.15, -0.1) is 0 Å². The van der Waals surface area contributed by atoms with Crippen LogP contribution >= 0.6 is 0 Å². The van der Waals surface area contributed by atoms with E-state index in [9.17, 15) is 9.59 Å². The van der Waals surface area contributed by atoms with Crippen molar-refractivity contribution in [1.29, 1.82) is 0 Å². The highest BCUT2D eigenvalue weighted by atomic mass is 16.5.